The van der Waals surface area contributed by atoms with Crippen molar-refractivity contribution in [3.8, 4) is 0 Å². The van der Waals surface area contributed by atoms with Gasteiger partial charge in [0, 0.05) is 32.1 Å². The van der Waals surface area contributed by atoms with Crippen molar-refractivity contribution in [3.05, 3.63) is 42.4 Å². The van der Waals surface area contributed by atoms with Gasteiger partial charge < -0.3 is 4.90 Å². The predicted molar refractivity (Wildman–Crippen MR) is 51.4 cm³/mol. The maximum atomic E-state index is 11.6. The maximum absolute atomic E-state index is 11.6. The van der Waals surface area contributed by atoms with Crippen LogP contribution in [0, 0.1) is 0 Å². The Kier molecular flexibility index (Phi) is 2.80. The van der Waals surface area contributed by atoms with E-state index < -0.39 is 0 Å². The first-order chi connectivity index (χ1) is 6.13. The molecule has 0 N–H and O–H groups in total. The number of hydrogen-bond acceptors (Lipinski definition) is 3. The topological polar surface area (TPSA) is 33.2 Å². The lowest BCUT2D eigenvalue weighted by Crippen LogP contribution is -2.18. The highest BCUT2D eigenvalue weighted by Gasteiger charge is 2.10. The number of allylic oxidation sites excluding steroid dienone is 1. The van der Waals surface area contributed by atoms with Crippen LogP contribution in [0.5, 0.6) is 0 Å². The summed E-state index contributed by atoms with van der Waals surface area (Å²) < 4.78 is 0. The van der Waals surface area contributed by atoms with Gasteiger partial charge in [0.05, 0.1) is 5.70 Å². The Hall–Kier alpha value is -1.64. The molecular formula is C10H12N2O. The maximum Gasteiger partial charge on any atom is 0.208 e. The molecule has 0 aliphatic carbocycles. The van der Waals surface area contributed by atoms with Gasteiger partial charge >= 0.3 is 0 Å². The molecule has 0 bridgehead atoms. The van der Waals surface area contributed by atoms with Gasteiger partial charge in [-0.3, -0.25) is 9.78 Å². The third-order valence-electron chi connectivity index (χ3n) is 1.74. The minimum atomic E-state index is -0.0626. The molecule has 1 heterocycles. The molecule has 13 heavy (non-hydrogen) atoms. The Morgan fingerprint density at radius 2 is 1.92 bits per heavy atom. The smallest absolute Gasteiger partial charge is 0.208 e. The van der Waals surface area contributed by atoms with Crippen molar-refractivity contribution in [2.75, 3.05) is 14.1 Å². The van der Waals surface area contributed by atoms with Crippen LogP contribution in [0.1, 0.15) is 10.4 Å². The van der Waals surface area contributed by atoms with Gasteiger partial charge in [-0.2, -0.15) is 0 Å². The van der Waals surface area contributed by atoms with E-state index >= 15 is 0 Å². The van der Waals surface area contributed by atoms with Crippen LogP contribution in [0.4, 0.5) is 0 Å². The minimum Gasteiger partial charge on any atom is -0.375 e. The number of aromatic nitrogens is 1. The Bertz CT molecular complexity index is 317. The summed E-state index contributed by atoms with van der Waals surface area (Å²) in [6.45, 7) is 3.69. The van der Waals surface area contributed by atoms with Gasteiger partial charge in [0.25, 0.3) is 0 Å². The van der Waals surface area contributed by atoms with Crippen LogP contribution in [0.2, 0.25) is 0 Å². The first-order valence-corrected chi connectivity index (χ1v) is 3.94. The number of Topliss-reactive ketones (excluding diaryl/α,β-unsaturated/α-hetero) is 1. The van der Waals surface area contributed by atoms with Crippen molar-refractivity contribution in [1.29, 1.82) is 0 Å². The zero-order chi connectivity index (χ0) is 9.84. The Balaban J connectivity index is 2.87. The number of hydrogen-bond donors (Lipinski definition) is 0. The van der Waals surface area contributed by atoms with Gasteiger partial charge in [-0.05, 0) is 12.1 Å². The lowest BCUT2D eigenvalue weighted by Gasteiger charge is -2.13. The third kappa shape index (κ3) is 2.15. The molecule has 1 rings (SSSR count). The Labute approximate surface area is 77.7 Å². The first kappa shape index (κ1) is 9.45. The summed E-state index contributed by atoms with van der Waals surface area (Å²) in [5.41, 5.74) is 1.10. The second kappa shape index (κ2) is 3.85. The van der Waals surface area contributed by atoms with Crippen LogP contribution in [-0.4, -0.2) is 29.8 Å². The lowest BCUT2D eigenvalue weighted by atomic mass is 10.1. The van der Waals surface area contributed by atoms with Gasteiger partial charge in [0.15, 0.2) is 0 Å². The molecule has 0 radical (unpaired) electrons. The highest BCUT2D eigenvalue weighted by molar-refractivity contribution is 6.07. The van der Waals surface area contributed by atoms with E-state index in [1.807, 2.05) is 0 Å². The van der Waals surface area contributed by atoms with Crippen molar-refractivity contribution in [3.63, 3.8) is 0 Å². The first-order valence-electron chi connectivity index (χ1n) is 3.94. The second-order valence-corrected chi connectivity index (χ2v) is 2.91. The van der Waals surface area contributed by atoms with E-state index in [0.717, 1.165) is 0 Å². The largest absolute Gasteiger partial charge is 0.375 e. The summed E-state index contributed by atoms with van der Waals surface area (Å²) in [4.78, 5) is 17.2. The average molecular weight is 176 g/mol. The molecule has 0 fully saturated rings. The molecule has 0 saturated heterocycles. The molecule has 3 nitrogen and oxygen atoms in total. The van der Waals surface area contributed by atoms with Crippen LogP contribution >= 0.6 is 0 Å². The van der Waals surface area contributed by atoms with Crippen LogP contribution in [0.25, 0.3) is 0 Å². The van der Waals surface area contributed by atoms with Gasteiger partial charge in [0.1, 0.15) is 0 Å². The Morgan fingerprint density at radius 1 is 1.38 bits per heavy atom. The molecule has 0 atom stereocenters. The molecule has 0 aliphatic rings. The fourth-order valence-corrected chi connectivity index (χ4v) is 0.873. The quantitative estimate of drug-likeness (QED) is 0.514. The van der Waals surface area contributed by atoms with E-state index in [1.165, 1.54) is 0 Å². The molecule has 1 aromatic rings. The molecule has 0 aromatic carbocycles. The summed E-state index contributed by atoms with van der Waals surface area (Å²) in [6.07, 6.45) is 3.19. The van der Waals surface area contributed by atoms with E-state index in [0.29, 0.717) is 11.3 Å². The van der Waals surface area contributed by atoms with Crippen molar-refractivity contribution in [2.45, 2.75) is 0 Å². The van der Waals surface area contributed by atoms with Crippen LogP contribution in [0.3, 0.4) is 0 Å². The van der Waals surface area contributed by atoms with Crippen LogP contribution in [0.15, 0.2) is 36.8 Å². The van der Waals surface area contributed by atoms with Crippen LogP contribution < -0.4 is 0 Å². The number of likely N-dealkylation sites (N-methyl/N-ethyl adjacent to an activating group) is 1. The van der Waals surface area contributed by atoms with Crippen molar-refractivity contribution in [1.82, 2.24) is 9.88 Å². The van der Waals surface area contributed by atoms with Crippen molar-refractivity contribution >= 4 is 5.78 Å². The van der Waals surface area contributed by atoms with E-state index in [4.69, 9.17) is 0 Å². The number of ketones is 1. The number of rotatable bonds is 3. The van der Waals surface area contributed by atoms with E-state index in [9.17, 15) is 4.79 Å². The monoisotopic (exact) mass is 176 g/mol. The van der Waals surface area contributed by atoms with E-state index in [-0.39, 0.29) is 5.78 Å². The van der Waals surface area contributed by atoms with Crippen molar-refractivity contribution in [2.24, 2.45) is 0 Å². The number of carbonyl (C=O) groups excluding carboxylic acids is 1. The molecule has 0 unspecified atom stereocenters. The molecular weight excluding hydrogens is 164 g/mol. The Morgan fingerprint density at radius 3 is 2.38 bits per heavy atom. The normalized spacial score (nSPS) is 9.38. The fraction of sp³-hybridized carbons (Fsp3) is 0.200. The fourth-order valence-electron chi connectivity index (χ4n) is 0.873. The standard InChI is InChI=1S/C10H12N2O/c1-8(12(2)3)10(13)9-4-6-11-7-5-9/h4-7H,1H2,2-3H3. The summed E-state index contributed by atoms with van der Waals surface area (Å²) in [6, 6.07) is 3.36. The van der Waals surface area contributed by atoms with Gasteiger partial charge in [-0.15, -0.1) is 0 Å². The highest BCUT2D eigenvalue weighted by atomic mass is 16.1. The molecule has 68 valence electrons. The molecule has 0 aliphatic heterocycles. The lowest BCUT2D eigenvalue weighted by molar-refractivity contribution is 0.100. The SMILES string of the molecule is C=C(C(=O)c1ccncc1)N(C)C. The molecule has 0 spiro atoms. The number of pyridine rings is 1. The van der Waals surface area contributed by atoms with E-state index in [1.54, 1.807) is 43.5 Å². The zero-order valence-electron chi connectivity index (χ0n) is 7.82. The molecule has 3 heteroatoms. The predicted octanol–water partition coefficient (Wildman–Crippen LogP) is 1.34. The van der Waals surface area contributed by atoms with E-state index in [2.05, 4.69) is 11.6 Å². The molecule has 1 aromatic heterocycles. The summed E-state index contributed by atoms with van der Waals surface area (Å²) in [7, 11) is 3.59. The minimum absolute atomic E-state index is 0.0626. The zero-order valence-corrected chi connectivity index (χ0v) is 7.82. The van der Waals surface area contributed by atoms with Gasteiger partial charge in [-0.1, -0.05) is 6.58 Å². The van der Waals surface area contributed by atoms with Gasteiger partial charge in [0.2, 0.25) is 5.78 Å². The van der Waals surface area contributed by atoms with Gasteiger partial charge in [-0.25, -0.2) is 0 Å². The second-order valence-electron chi connectivity index (χ2n) is 2.91. The molecule has 0 saturated carbocycles. The summed E-state index contributed by atoms with van der Waals surface area (Å²) in [5.74, 6) is -0.0626. The highest BCUT2D eigenvalue weighted by Crippen LogP contribution is 2.06. The third-order valence-corrected chi connectivity index (χ3v) is 1.74. The molecule has 0 amide bonds. The number of nitrogens with zero attached hydrogens (tertiary/aromatic N) is 2. The summed E-state index contributed by atoms with van der Waals surface area (Å²) >= 11 is 0. The average Bonchev–Trinajstić information content (AvgIpc) is 2.17. The summed E-state index contributed by atoms with van der Waals surface area (Å²) in [5, 5.41) is 0. The van der Waals surface area contributed by atoms with Crippen LogP contribution in [-0.2, 0) is 0 Å². The van der Waals surface area contributed by atoms with Crippen molar-refractivity contribution < 1.29 is 4.79 Å². The number of carbonyl (C=O) groups is 1.